The smallest absolute Gasteiger partial charge is 0.168 e. The molecule has 4 nitrogen and oxygen atoms in total. The average Bonchev–Trinajstić information content (AvgIpc) is 2.99. The Bertz CT molecular complexity index is 954. The summed E-state index contributed by atoms with van der Waals surface area (Å²) in [6, 6.07) is 14.0. The highest BCUT2D eigenvalue weighted by Crippen LogP contribution is 2.26. The Hall–Kier alpha value is -2.24. The van der Waals surface area contributed by atoms with Crippen molar-refractivity contribution in [1.82, 2.24) is 15.2 Å². The van der Waals surface area contributed by atoms with E-state index in [0.29, 0.717) is 6.54 Å². The number of aromatic amines is 1. The van der Waals surface area contributed by atoms with Gasteiger partial charge in [0.2, 0.25) is 0 Å². The summed E-state index contributed by atoms with van der Waals surface area (Å²) in [5.41, 5.74) is 4.66. The third kappa shape index (κ3) is 4.37. The molecule has 0 saturated carbocycles. The predicted octanol–water partition coefficient (Wildman–Crippen LogP) is 4.69. The number of hydrogen-bond acceptors (Lipinski definition) is 2. The first kappa shape index (κ1) is 19.5. The zero-order valence-electron chi connectivity index (χ0n) is 15.8. The number of rotatable bonds is 6. The zero-order chi connectivity index (χ0) is 19.4. The Morgan fingerprint density at radius 1 is 1.26 bits per heavy atom. The van der Waals surface area contributed by atoms with Gasteiger partial charge in [0.05, 0.1) is 7.11 Å². The molecular weight excluding hydrogens is 378 g/mol. The minimum absolute atomic E-state index is 0.686. The van der Waals surface area contributed by atoms with Crippen LogP contribution >= 0.6 is 23.8 Å². The van der Waals surface area contributed by atoms with E-state index in [9.17, 15) is 0 Å². The Balaban J connectivity index is 1.83. The van der Waals surface area contributed by atoms with E-state index in [0.717, 1.165) is 39.9 Å². The van der Waals surface area contributed by atoms with E-state index < -0.39 is 0 Å². The molecule has 3 rings (SSSR count). The van der Waals surface area contributed by atoms with Gasteiger partial charge in [-0.25, -0.2) is 0 Å². The van der Waals surface area contributed by atoms with Crippen LogP contribution in [0.5, 0.6) is 5.75 Å². The molecule has 0 atom stereocenters. The van der Waals surface area contributed by atoms with Gasteiger partial charge in [-0.05, 0) is 55.4 Å². The Labute approximate surface area is 170 Å². The zero-order valence-corrected chi connectivity index (χ0v) is 17.4. The van der Waals surface area contributed by atoms with Crippen LogP contribution in [0.1, 0.15) is 16.8 Å². The number of aryl methyl sites for hydroxylation is 1. The average molecular weight is 402 g/mol. The third-order valence-corrected chi connectivity index (χ3v) is 5.47. The topological polar surface area (TPSA) is 40.3 Å². The number of benzene rings is 2. The van der Waals surface area contributed by atoms with Crippen molar-refractivity contribution < 1.29 is 4.74 Å². The van der Waals surface area contributed by atoms with Crippen LogP contribution < -0.4 is 10.1 Å². The van der Waals surface area contributed by atoms with Gasteiger partial charge in [0.1, 0.15) is 5.75 Å². The van der Waals surface area contributed by atoms with Crippen LogP contribution in [-0.4, -0.2) is 35.7 Å². The molecule has 1 heterocycles. The number of nitrogens with one attached hydrogen (secondary N) is 2. The summed E-state index contributed by atoms with van der Waals surface area (Å²) in [5.74, 6) is 0.872. The number of nitrogens with zero attached hydrogens (tertiary/aromatic N) is 1. The summed E-state index contributed by atoms with van der Waals surface area (Å²) in [4.78, 5) is 5.61. The van der Waals surface area contributed by atoms with Crippen molar-refractivity contribution in [3.8, 4) is 5.75 Å². The number of fused-ring (bicyclic) bond motifs is 1. The molecule has 0 bridgehead atoms. The van der Waals surface area contributed by atoms with Crippen molar-refractivity contribution in [2.45, 2.75) is 19.9 Å². The molecule has 0 fully saturated rings. The quantitative estimate of drug-likeness (QED) is 0.588. The van der Waals surface area contributed by atoms with E-state index in [1.165, 1.54) is 16.6 Å². The van der Waals surface area contributed by atoms with E-state index in [2.05, 4.69) is 28.2 Å². The molecule has 3 aromatic rings. The highest BCUT2D eigenvalue weighted by atomic mass is 35.5. The predicted molar refractivity (Wildman–Crippen MR) is 117 cm³/mol. The van der Waals surface area contributed by atoms with Crippen LogP contribution in [0.2, 0.25) is 5.02 Å². The van der Waals surface area contributed by atoms with E-state index in [-0.39, 0.29) is 0 Å². The molecule has 0 aliphatic heterocycles. The van der Waals surface area contributed by atoms with Crippen molar-refractivity contribution in [2.75, 3.05) is 20.7 Å². The van der Waals surface area contributed by atoms with Crippen LogP contribution in [0.25, 0.3) is 10.9 Å². The molecule has 0 aliphatic carbocycles. The highest BCUT2D eigenvalue weighted by molar-refractivity contribution is 7.80. The van der Waals surface area contributed by atoms with Crippen molar-refractivity contribution in [2.24, 2.45) is 0 Å². The fraction of sp³-hybridized carbons (Fsp3) is 0.286. The monoisotopic (exact) mass is 401 g/mol. The summed E-state index contributed by atoms with van der Waals surface area (Å²) in [7, 11) is 3.55. The Morgan fingerprint density at radius 2 is 2.04 bits per heavy atom. The number of H-pyrrole nitrogens is 1. The lowest BCUT2D eigenvalue weighted by molar-refractivity contribution is 0.379. The third-order valence-electron chi connectivity index (χ3n) is 4.77. The van der Waals surface area contributed by atoms with E-state index >= 15 is 0 Å². The van der Waals surface area contributed by atoms with Gasteiger partial charge in [0.15, 0.2) is 5.11 Å². The maximum Gasteiger partial charge on any atom is 0.168 e. The first-order chi connectivity index (χ1) is 13.0. The van der Waals surface area contributed by atoms with E-state index in [1.807, 2.05) is 43.4 Å². The first-order valence-electron chi connectivity index (χ1n) is 8.88. The van der Waals surface area contributed by atoms with Gasteiger partial charge in [-0.1, -0.05) is 29.8 Å². The number of halogens is 1. The lowest BCUT2D eigenvalue weighted by Gasteiger charge is -2.26. The van der Waals surface area contributed by atoms with Crippen LogP contribution in [0.3, 0.4) is 0 Å². The minimum atomic E-state index is 0.686. The van der Waals surface area contributed by atoms with Gasteiger partial charge in [-0.15, -0.1) is 0 Å². The number of aromatic nitrogens is 1. The van der Waals surface area contributed by atoms with Gasteiger partial charge in [0.25, 0.3) is 0 Å². The standard InChI is InChI=1S/C21H24ClN3OS/c1-14-17(18-12-16(22)8-9-19(18)24-14)10-11-25(21(27)23-2)13-15-6-4-5-7-20(15)26-3/h4-9,12,24H,10-11,13H2,1-3H3,(H,23,27). The lowest BCUT2D eigenvalue weighted by atomic mass is 10.1. The minimum Gasteiger partial charge on any atom is -0.496 e. The van der Waals surface area contributed by atoms with E-state index in [4.69, 9.17) is 28.6 Å². The van der Waals surface area contributed by atoms with Gasteiger partial charge >= 0.3 is 0 Å². The van der Waals surface area contributed by atoms with Crippen molar-refractivity contribution >= 4 is 39.8 Å². The normalized spacial score (nSPS) is 10.8. The first-order valence-corrected chi connectivity index (χ1v) is 9.67. The van der Waals surface area contributed by atoms with Crippen molar-refractivity contribution in [1.29, 1.82) is 0 Å². The van der Waals surface area contributed by atoms with Crippen molar-refractivity contribution in [3.05, 3.63) is 64.3 Å². The van der Waals surface area contributed by atoms with Gasteiger partial charge in [-0.3, -0.25) is 0 Å². The molecule has 0 saturated heterocycles. The summed E-state index contributed by atoms with van der Waals surface area (Å²) in [6.07, 6.45) is 0.864. The van der Waals surface area contributed by atoms with E-state index in [1.54, 1.807) is 7.11 Å². The second-order valence-corrected chi connectivity index (χ2v) is 7.28. The number of para-hydroxylation sites is 1. The van der Waals surface area contributed by atoms with Crippen LogP contribution in [0.15, 0.2) is 42.5 Å². The molecule has 2 aromatic carbocycles. The maximum absolute atomic E-state index is 6.21. The number of hydrogen-bond donors (Lipinski definition) is 2. The molecular formula is C21H24ClN3OS. The largest absolute Gasteiger partial charge is 0.496 e. The number of methoxy groups -OCH3 is 1. The van der Waals surface area contributed by atoms with Crippen LogP contribution in [0, 0.1) is 6.92 Å². The molecule has 1 aromatic heterocycles. The summed E-state index contributed by atoms with van der Waals surface area (Å²) in [5, 5.41) is 5.74. The Morgan fingerprint density at radius 3 is 2.78 bits per heavy atom. The van der Waals surface area contributed by atoms with Gasteiger partial charge in [0, 0.05) is 47.3 Å². The van der Waals surface area contributed by atoms with Gasteiger partial charge in [-0.2, -0.15) is 0 Å². The number of thiocarbonyl (C=S) groups is 1. The molecule has 0 radical (unpaired) electrons. The highest BCUT2D eigenvalue weighted by Gasteiger charge is 2.15. The molecule has 2 N–H and O–H groups in total. The van der Waals surface area contributed by atoms with Crippen molar-refractivity contribution in [3.63, 3.8) is 0 Å². The summed E-state index contributed by atoms with van der Waals surface area (Å²) < 4.78 is 5.49. The fourth-order valence-corrected chi connectivity index (χ4v) is 3.70. The maximum atomic E-state index is 6.21. The van der Waals surface area contributed by atoms with Crippen LogP contribution in [-0.2, 0) is 13.0 Å². The molecule has 27 heavy (non-hydrogen) atoms. The molecule has 0 amide bonds. The fourth-order valence-electron chi connectivity index (χ4n) is 3.37. The summed E-state index contributed by atoms with van der Waals surface area (Å²) in [6.45, 7) is 3.58. The SMILES string of the molecule is CNC(=S)N(CCc1c(C)[nH]c2ccc(Cl)cc12)Cc1ccccc1OC. The van der Waals surface area contributed by atoms with Crippen LogP contribution in [0.4, 0.5) is 0 Å². The molecule has 0 aliphatic rings. The Kier molecular flexibility index (Phi) is 6.24. The second-order valence-electron chi connectivity index (χ2n) is 6.46. The second kappa shape index (κ2) is 8.63. The summed E-state index contributed by atoms with van der Waals surface area (Å²) >= 11 is 11.8. The molecule has 6 heteroatoms. The molecule has 0 unspecified atom stereocenters. The molecule has 0 spiro atoms. The molecule has 142 valence electrons. The lowest BCUT2D eigenvalue weighted by Crippen LogP contribution is -2.38. The number of ether oxygens (including phenoxy) is 1. The van der Waals surface area contributed by atoms with Gasteiger partial charge < -0.3 is 19.9 Å².